The van der Waals surface area contributed by atoms with Crippen molar-refractivity contribution in [2.45, 2.75) is 25.6 Å². The Morgan fingerprint density at radius 2 is 1.92 bits per heavy atom. The van der Waals surface area contributed by atoms with Crippen molar-refractivity contribution >= 4 is 75.5 Å². The van der Waals surface area contributed by atoms with E-state index in [0.29, 0.717) is 18.0 Å². The van der Waals surface area contributed by atoms with E-state index in [4.69, 9.17) is 68.0 Å². The molecule has 10 heteroatoms. The van der Waals surface area contributed by atoms with Gasteiger partial charge in [-0.05, 0) is 54.7 Å². The van der Waals surface area contributed by atoms with Crippen molar-refractivity contribution in [1.29, 1.82) is 0 Å². The average molecular weight is 581 g/mol. The number of fused-ring (bicyclic) bond motifs is 6. The Kier molecular flexibility index (Phi) is 5.82. The van der Waals surface area contributed by atoms with Gasteiger partial charge in [-0.3, -0.25) is 4.99 Å². The molecule has 36 heavy (non-hydrogen) atoms. The molecule has 0 aromatic carbocycles. The van der Waals surface area contributed by atoms with Gasteiger partial charge in [-0.15, -0.1) is 34.8 Å². The van der Waals surface area contributed by atoms with Crippen LogP contribution < -0.4 is 5.32 Å². The second-order valence-corrected chi connectivity index (χ2v) is 11.9. The van der Waals surface area contributed by atoms with Gasteiger partial charge in [-0.1, -0.05) is 35.4 Å². The number of hydrogen-bond acceptors (Lipinski definition) is 4. The monoisotopic (exact) mass is 578 g/mol. The Balaban J connectivity index is 1.57. The summed E-state index contributed by atoms with van der Waals surface area (Å²) in [4.78, 5) is 11.1. The normalized spacial score (nSPS) is 36.8. The standard InChI is InChI=1S/C26H21Cl5N5/c1-36-11-3-2-4-22(36)25(30)21-8-7-17(33-21)12-15-5-6-16(32-15)13-18-14-20(27)26(31,34-18)23(28)19-9-10-24(25,29)35-19/h2-10,12-14,20,23,33-34H,11H2,1H3. The Bertz CT molecular complexity index is 1380. The van der Waals surface area contributed by atoms with Crippen LogP contribution in [-0.4, -0.2) is 55.7 Å². The molecule has 1 aromatic rings. The number of alkyl halides is 5. The van der Waals surface area contributed by atoms with Gasteiger partial charge in [0.15, 0.2) is 14.9 Å². The van der Waals surface area contributed by atoms with E-state index in [1.807, 2.05) is 73.0 Å². The predicted octanol–water partition coefficient (Wildman–Crippen LogP) is 5.99. The van der Waals surface area contributed by atoms with Crippen LogP contribution in [0.2, 0.25) is 0 Å². The van der Waals surface area contributed by atoms with Crippen molar-refractivity contribution < 1.29 is 0 Å². The summed E-state index contributed by atoms with van der Waals surface area (Å²) in [7, 11) is 1.97. The van der Waals surface area contributed by atoms with Crippen molar-refractivity contribution in [3.63, 3.8) is 0 Å². The average Bonchev–Trinajstić information content (AvgIpc) is 3.63. The Labute approximate surface area is 234 Å². The molecule has 0 amide bonds. The number of H-pyrrole nitrogens is 1. The number of likely N-dealkylation sites (N-methyl/N-ethyl adjacent to an activating group) is 1. The quantitative estimate of drug-likeness (QED) is 0.317. The van der Waals surface area contributed by atoms with Gasteiger partial charge in [0.25, 0.3) is 0 Å². The molecule has 8 bridgehead atoms. The third-order valence-corrected chi connectivity index (χ3v) is 9.93. The van der Waals surface area contributed by atoms with Gasteiger partial charge >= 0.3 is 0 Å². The molecule has 1 fully saturated rings. The van der Waals surface area contributed by atoms with Gasteiger partial charge in [0.2, 0.25) is 0 Å². The number of nitrogens with zero attached hydrogens (tertiary/aromatic N) is 3. The summed E-state index contributed by atoms with van der Waals surface area (Å²) in [5, 5.41) is 1.83. The van der Waals surface area contributed by atoms with E-state index < -0.39 is 25.6 Å². The summed E-state index contributed by atoms with van der Waals surface area (Å²) < 4.78 is 0. The van der Waals surface area contributed by atoms with Gasteiger partial charge in [0, 0.05) is 42.8 Å². The number of rotatable bonds is 1. The Morgan fingerprint density at radius 1 is 1.08 bits per heavy atom. The number of allylic oxidation sites excluding steroid dienone is 7. The largest absolute Gasteiger partial charge is 0.372 e. The van der Waals surface area contributed by atoms with Gasteiger partial charge in [-0.25, -0.2) is 4.99 Å². The number of hydrogen-bond donors (Lipinski definition) is 2. The topological polar surface area (TPSA) is 55.8 Å². The molecular formula is C26H21Cl5N5. The van der Waals surface area contributed by atoms with Crippen LogP contribution in [0.3, 0.4) is 0 Å². The second kappa shape index (κ2) is 8.57. The van der Waals surface area contributed by atoms with Crippen molar-refractivity contribution in [3.05, 3.63) is 95.6 Å². The lowest BCUT2D eigenvalue weighted by atomic mass is 9.89. The van der Waals surface area contributed by atoms with E-state index in [2.05, 4.69) is 10.3 Å². The first-order valence-corrected chi connectivity index (χ1v) is 13.4. The molecule has 1 saturated heterocycles. The highest BCUT2D eigenvalue weighted by Gasteiger charge is 2.58. The lowest BCUT2D eigenvalue weighted by molar-refractivity contribution is 0.372. The fourth-order valence-electron chi connectivity index (χ4n) is 4.96. The van der Waals surface area contributed by atoms with Crippen LogP contribution in [0.1, 0.15) is 11.4 Å². The zero-order valence-corrected chi connectivity index (χ0v) is 22.8. The third-order valence-electron chi connectivity index (χ3n) is 6.84. The molecule has 5 unspecified atom stereocenters. The van der Waals surface area contributed by atoms with E-state index >= 15 is 0 Å². The van der Waals surface area contributed by atoms with E-state index in [-0.39, 0.29) is 0 Å². The van der Waals surface area contributed by atoms with Crippen LogP contribution in [0, 0.1) is 6.42 Å². The maximum absolute atomic E-state index is 7.58. The van der Waals surface area contributed by atoms with Gasteiger partial charge in [-0.2, -0.15) is 0 Å². The van der Waals surface area contributed by atoms with Gasteiger partial charge < -0.3 is 15.2 Å². The van der Waals surface area contributed by atoms with Crippen LogP contribution in [0.25, 0.3) is 6.08 Å². The highest BCUT2D eigenvalue weighted by atomic mass is 35.5. The number of halogens is 5. The number of nitrogens with one attached hydrogen (secondary N) is 2. The molecule has 0 saturated carbocycles. The molecule has 0 spiro atoms. The minimum absolute atomic E-state index is 0.480. The highest BCUT2D eigenvalue weighted by molar-refractivity contribution is 6.46. The van der Waals surface area contributed by atoms with E-state index in [1.54, 1.807) is 12.2 Å². The third kappa shape index (κ3) is 3.66. The summed E-state index contributed by atoms with van der Waals surface area (Å²) in [5.74, 6) is 0. The van der Waals surface area contributed by atoms with E-state index in [9.17, 15) is 0 Å². The molecule has 1 radical (unpaired) electrons. The second-order valence-electron chi connectivity index (χ2n) is 9.25. The molecule has 1 aromatic heterocycles. The van der Waals surface area contributed by atoms with Crippen molar-refractivity contribution in [3.8, 4) is 0 Å². The van der Waals surface area contributed by atoms with Crippen LogP contribution in [0.5, 0.6) is 0 Å². The number of aromatic amines is 1. The fourth-order valence-corrected chi connectivity index (χ4v) is 6.72. The maximum Gasteiger partial charge on any atom is 0.182 e. The first kappa shape index (κ1) is 24.4. The minimum Gasteiger partial charge on any atom is -0.372 e. The Morgan fingerprint density at radius 3 is 2.72 bits per heavy atom. The molecule has 185 valence electrons. The molecular weight excluding hydrogens is 560 g/mol. The number of aliphatic imine (C=N–C) groups is 2. The molecule has 5 aliphatic rings. The molecule has 2 N–H and O–H groups in total. The van der Waals surface area contributed by atoms with E-state index in [0.717, 1.165) is 28.5 Å². The zero-order chi connectivity index (χ0) is 25.3. The lowest BCUT2D eigenvalue weighted by Gasteiger charge is -2.42. The maximum atomic E-state index is 7.58. The van der Waals surface area contributed by atoms with Crippen LogP contribution in [-0.2, 0) is 4.87 Å². The molecule has 5 nitrogen and oxygen atoms in total. The lowest BCUT2D eigenvalue weighted by Crippen LogP contribution is -2.51. The van der Waals surface area contributed by atoms with Crippen LogP contribution >= 0.6 is 58.0 Å². The summed E-state index contributed by atoms with van der Waals surface area (Å²) in [6.07, 6.45) is 19.0. The molecule has 6 heterocycles. The molecule has 5 atom stereocenters. The summed E-state index contributed by atoms with van der Waals surface area (Å²) >= 11 is 35.5. The molecule has 6 rings (SSSR count). The van der Waals surface area contributed by atoms with Crippen molar-refractivity contribution in [2.75, 3.05) is 13.6 Å². The molecule has 5 aliphatic heterocycles. The molecule has 0 aliphatic carbocycles. The van der Waals surface area contributed by atoms with Gasteiger partial charge in [0.1, 0.15) is 5.38 Å². The first-order chi connectivity index (χ1) is 17.1. The van der Waals surface area contributed by atoms with Crippen molar-refractivity contribution in [1.82, 2.24) is 15.2 Å². The Hall–Kier alpha value is -1.89. The summed E-state index contributed by atoms with van der Waals surface area (Å²) in [6.45, 7) is 0.680. The number of aromatic nitrogens is 1. The highest BCUT2D eigenvalue weighted by Crippen LogP contribution is 2.54. The fraction of sp³-hybridized carbons (Fsp3) is 0.269. The smallest absolute Gasteiger partial charge is 0.182 e. The van der Waals surface area contributed by atoms with Crippen LogP contribution in [0.15, 0.2) is 87.8 Å². The van der Waals surface area contributed by atoms with E-state index in [1.165, 1.54) is 0 Å². The first-order valence-electron chi connectivity index (χ1n) is 11.4. The van der Waals surface area contributed by atoms with Crippen LogP contribution in [0.4, 0.5) is 0 Å². The van der Waals surface area contributed by atoms with Crippen molar-refractivity contribution in [2.24, 2.45) is 9.98 Å². The predicted molar refractivity (Wildman–Crippen MR) is 151 cm³/mol. The summed E-state index contributed by atoms with van der Waals surface area (Å²) in [5.41, 5.74) is 5.06. The zero-order valence-electron chi connectivity index (χ0n) is 19.0. The SMILES string of the molecule is CN1CC=CC=C1C1(Cl)c2ccc([nH]2)C=C2C=CC(=N2)C=C2[CH]C(Cl)C(Cl)(N2)C(Cl)C2=NC1(Cl)C=C2. The minimum atomic E-state index is -1.40. The van der Waals surface area contributed by atoms with Gasteiger partial charge in [0.05, 0.1) is 22.5 Å². The summed E-state index contributed by atoms with van der Waals surface area (Å²) in [6, 6.07) is 3.88.